The normalized spacial score (nSPS) is 20.8. The van der Waals surface area contributed by atoms with Crippen LogP contribution in [0.1, 0.15) is 71.1 Å². The van der Waals surface area contributed by atoms with Crippen molar-refractivity contribution in [3.05, 3.63) is 0 Å². The quantitative estimate of drug-likeness (QED) is 0.543. The van der Waals surface area contributed by atoms with Gasteiger partial charge in [-0.2, -0.15) is 0 Å². The molecule has 0 saturated carbocycles. The minimum absolute atomic E-state index is 0.435. The predicted octanol–water partition coefficient (Wildman–Crippen LogP) is 3.72. The molecule has 0 bridgehead atoms. The number of piperazine rings is 1. The zero-order valence-electron chi connectivity index (χ0n) is 14.6. The van der Waals surface area contributed by atoms with E-state index >= 15 is 0 Å². The second-order valence-electron chi connectivity index (χ2n) is 6.86. The molecule has 0 aromatic rings. The third kappa shape index (κ3) is 8.57. The number of hydrogen-bond acceptors (Lipinski definition) is 3. The Bertz CT molecular complexity index is 280. The Kier molecular flexibility index (Phi) is 9.94. The summed E-state index contributed by atoms with van der Waals surface area (Å²) in [6, 6.07) is 0.435. The van der Waals surface area contributed by atoms with Crippen LogP contribution >= 0.6 is 0 Å². The molecule has 21 heavy (non-hydrogen) atoms. The molecule has 0 amide bonds. The van der Waals surface area contributed by atoms with Crippen molar-refractivity contribution in [2.24, 2.45) is 0 Å². The van der Waals surface area contributed by atoms with Gasteiger partial charge in [-0.25, -0.2) is 0 Å². The van der Waals surface area contributed by atoms with Gasteiger partial charge < -0.3 is 9.80 Å². The highest BCUT2D eigenvalue weighted by atomic mass is 16.1. The van der Waals surface area contributed by atoms with E-state index in [2.05, 4.69) is 30.8 Å². The van der Waals surface area contributed by atoms with Gasteiger partial charge in [0.2, 0.25) is 0 Å². The highest BCUT2D eigenvalue weighted by molar-refractivity contribution is 5.79. The Morgan fingerprint density at radius 1 is 0.952 bits per heavy atom. The van der Waals surface area contributed by atoms with Crippen LogP contribution in [-0.4, -0.2) is 55.4 Å². The van der Waals surface area contributed by atoms with E-state index in [1.807, 2.05) is 0 Å². The minimum atomic E-state index is 0.435. The van der Waals surface area contributed by atoms with Crippen LogP contribution < -0.4 is 0 Å². The SMILES string of the molecule is CCCCCCCCCCC(=O)CC1CN(C)CCN1C. The smallest absolute Gasteiger partial charge is 0.134 e. The lowest BCUT2D eigenvalue weighted by molar-refractivity contribution is -0.120. The highest BCUT2D eigenvalue weighted by Crippen LogP contribution is 2.14. The molecule has 1 saturated heterocycles. The van der Waals surface area contributed by atoms with Gasteiger partial charge in [-0.05, 0) is 20.5 Å². The van der Waals surface area contributed by atoms with E-state index < -0.39 is 0 Å². The summed E-state index contributed by atoms with van der Waals surface area (Å²) in [5.41, 5.74) is 0. The van der Waals surface area contributed by atoms with Gasteiger partial charge in [-0.3, -0.25) is 4.79 Å². The molecule has 124 valence electrons. The van der Waals surface area contributed by atoms with Crippen molar-refractivity contribution in [3.63, 3.8) is 0 Å². The van der Waals surface area contributed by atoms with E-state index in [4.69, 9.17) is 0 Å². The molecule has 1 fully saturated rings. The molecule has 0 N–H and O–H groups in total. The van der Waals surface area contributed by atoms with Crippen LogP contribution in [0.2, 0.25) is 0 Å². The molecule has 1 heterocycles. The maximum absolute atomic E-state index is 12.1. The van der Waals surface area contributed by atoms with Crippen LogP contribution in [0.4, 0.5) is 0 Å². The summed E-state index contributed by atoms with van der Waals surface area (Å²) >= 11 is 0. The van der Waals surface area contributed by atoms with Gasteiger partial charge in [0.05, 0.1) is 0 Å². The number of nitrogens with zero attached hydrogens (tertiary/aromatic N) is 2. The summed E-state index contributed by atoms with van der Waals surface area (Å²) in [5.74, 6) is 0.466. The molecule has 0 aromatic heterocycles. The Balaban J connectivity index is 2.00. The summed E-state index contributed by atoms with van der Waals surface area (Å²) < 4.78 is 0. The Morgan fingerprint density at radius 3 is 2.24 bits per heavy atom. The lowest BCUT2D eigenvalue weighted by Crippen LogP contribution is -2.50. The van der Waals surface area contributed by atoms with Crippen LogP contribution in [0.3, 0.4) is 0 Å². The fraction of sp³-hybridized carbons (Fsp3) is 0.944. The zero-order chi connectivity index (χ0) is 15.5. The molecular formula is C18H36N2O. The second kappa shape index (κ2) is 11.2. The lowest BCUT2D eigenvalue weighted by atomic mass is 10.0. The van der Waals surface area contributed by atoms with Crippen molar-refractivity contribution in [2.45, 2.75) is 77.2 Å². The highest BCUT2D eigenvalue weighted by Gasteiger charge is 2.23. The third-order valence-electron chi connectivity index (χ3n) is 4.75. The van der Waals surface area contributed by atoms with E-state index in [9.17, 15) is 4.79 Å². The van der Waals surface area contributed by atoms with Gasteiger partial charge in [-0.1, -0.05) is 51.9 Å². The number of carbonyl (C=O) groups excluding carboxylic acids is 1. The summed E-state index contributed by atoms with van der Waals surface area (Å²) in [7, 11) is 4.31. The Morgan fingerprint density at radius 2 is 1.57 bits per heavy atom. The molecule has 3 nitrogen and oxygen atoms in total. The van der Waals surface area contributed by atoms with Crippen LogP contribution in [0, 0.1) is 0 Å². The molecule has 0 spiro atoms. The number of Topliss-reactive ketones (excluding diaryl/α,β-unsaturated/α-hetero) is 1. The summed E-state index contributed by atoms with van der Waals surface area (Å²) in [6.07, 6.45) is 12.0. The van der Waals surface area contributed by atoms with E-state index in [1.165, 1.54) is 44.9 Å². The van der Waals surface area contributed by atoms with Gasteiger partial charge in [0.1, 0.15) is 5.78 Å². The van der Waals surface area contributed by atoms with Crippen molar-refractivity contribution >= 4 is 5.78 Å². The first-order valence-corrected chi connectivity index (χ1v) is 9.04. The molecule has 1 aliphatic heterocycles. The average molecular weight is 296 g/mol. The number of hydrogen-bond donors (Lipinski definition) is 0. The molecular weight excluding hydrogens is 260 g/mol. The summed E-state index contributed by atoms with van der Waals surface area (Å²) in [6.45, 7) is 5.51. The van der Waals surface area contributed by atoms with E-state index in [0.29, 0.717) is 11.8 Å². The van der Waals surface area contributed by atoms with Gasteiger partial charge in [0.25, 0.3) is 0 Å². The summed E-state index contributed by atoms with van der Waals surface area (Å²) in [5, 5.41) is 0. The summed E-state index contributed by atoms with van der Waals surface area (Å²) in [4.78, 5) is 16.8. The topological polar surface area (TPSA) is 23.6 Å². The predicted molar refractivity (Wildman–Crippen MR) is 90.8 cm³/mol. The monoisotopic (exact) mass is 296 g/mol. The first-order chi connectivity index (χ1) is 10.1. The van der Waals surface area contributed by atoms with Crippen LogP contribution in [0.15, 0.2) is 0 Å². The first kappa shape index (κ1) is 18.6. The minimum Gasteiger partial charge on any atom is -0.304 e. The first-order valence-electron chi connectivity index (χ1n) is 9.04. The molecule has 0 aromatic carbocycles. The van der Waals surface area contributed by atoms with E-state index in [1.54, 1.807) is 0 Å². The molecule has 1 atom stereocenters. The van der Waals surface area contributed by atoms with Gasteiger partial charge in [-0.15, -0.1) is 0 Å². The van der Waals surface area contributed by atoms with Crippen molar-refractivity contribution in [3.8, 4) is 0 Å². The molecule has 1 rings (SSSR count). The fourth-order valence-electron chi connectivity index (χ4n) is 3.14. The second-order valence-corrected chi connectivity index (χ2v) is 6.86. The van der Waals surface area contributed by atoms with Crippen molar-refractivity contribution < 1.29 is 4.79 Å². The van der Waals surface area contributed by atoms with Gasteiger partial charge in [0, 0.05) is 38.5 Å². The van der Waals surface area contributed by atoms with Crippen LogP contribution in [0.5, 0.6) is 0 Å². The molecule has 1 aliphatic rings. The van der Waals surface area contributed by atoms with Crippen molar-refractivity contribution in [2.75, 3.05) is 33.7 Å². The van der Waals surface area contributed by atoms with Gasteiger partial charge in [0.15, 0.2) is 0 Å². The maximum Gasteiger partial charge on any atom is 0.134 e. The largest absolute Gasteiger partial charge is 0.304 e. The molecule has 3 heteroatoms. The van der Waals surface area contributed by atoms with Crippen molar-refractivity contribution in [1.29, 1.82) is 0 Å². The van der Waals surface area contributed by atoms with Crippen molar-refractivity contribution in [1.82, 2.24) is 9.80 Å². The van der Waals surface area contributed by atoms with Gasteiger partial charge >= 0.3 is 0 Å². The fourth-order valence-corrected chi connectivity index (χ4v) is 3.14. The van der Waals surface area contributed by atoms with Crippen LogP contribution in [-0.2, 0) is 4.79 Å². The number of unbranched alkanes of at least 4 members (excludes halogenated alkanes) is 7. The number of ketones is 1. The Hall–Kier alpha value is -0.410. The zero-order valence-corrected chi connectivity index (χ0v) is 14.6. The number of likely N-dealkylation sites (N-methyl/N-ethyl adjacent to an activating group) is 2. The van der Waals surface area contributed by atoms with E-state index in [0.717, 1.165) is 38.9 Å². The lowest BCUT2D eigenvalue weighted by Gasteiger charge is -2.37. The number of carbonyl (C=O) groups is 1. The standard InChI is InChI=1S/C18H36N2O/c1-4-5-6-7-8-9-10-11-12-18(21)15-17-16-19(2)13-14-20(17)3/h17H,4-16H2,1-3H3. The molecule has 0 radical (unpaired) electrons. The molecule has 1 unspecified atom stereocenters. The number of rotatable bonds is 11. The third-order valence-corrected chi connectivity index (χ3v) is 4.75. The average Bonchev–Trinajstić information content (AvgIpc) is 2.46. The molecule has 0 aliphatic carbocycles. The van der Waals surface area contributed by atoms with Crippen LogP contribution in [0.25, 0.3) is 0 Å². The Labute approximate surface area is 132 Å². The maximum atomic E-state index is 12.1. The van der Waals surface area contributed by atoms with E-state index in [-0.39, 0.29) is 0 Å².